The van der Waals surface area contributed by atoms with Gasteiger partial charge in [-0.3, -0.25) is 4.79 Å². The maximum absolute atomic E-state index is 13.1. The van der Waals surface area contributed by atoms with Crippen molar-refractivity contribution in [3.63, 3.8) is 0 Å². The smallest absolute Gasteiger partial charge is 0.254 e. The number of aromatic amines is 1. The molecule has 2 aromatic heterocycles. The molecular weight excluding hydrogens is 378 g/mol. The van der Waals surface area contributed by atoms with Crippen LogP contribution in [0, 0.1) is 13.8 Å². The molecule has 6 heteroatoms. The molecule has 30 heavy (non-hydrogen) atoms. The number of hydrogen-bond donors (Lipinski definition) is 1. The van der Waals surface area contributed by atoms with E-state index in [0.29, 0.717) is 18.7 Å². The van der Waals surface area contributed by atoms with E-state index in [1.807, 2.05) is 50.8 Å². The fourth-order valence-corrected chi connectivity index (χ4v) is 4.61. The lowest BCUT2D eigenvalue weighted by Gasteiger charge is -2.35. The number of nitrogens with one attached hydrogen (secondary N) is 1. The van der Waals surface area contributed by atoms with Gasteiger partial charge < -0.3 is 19.1 Å². The van der Waals surface area contributed by atoms with Crippen LogP contribution in [0.3, 0.4) is 0 Å². The number of aromatic nitrogens is 2. The molecule has 0 saturated carbocycles. The molecule has 1 fully saturated rings. The van der Waals surface area contributed by atoms with Crippen molar-refractivity contribution in [1.29, 1.82) is 0 Å². The van der Waals surface area contributed by atoms with Gasteiger partial charge >= 0.3 is 0 Å². The monoisotopic (exact) mass is 403 g/mol. The summed E-state index contributed by atoms with van der Waals surface area (Å²) < 4.78 is 11.1. The van der Waals surface area contributed by atoms with Gasteiger partial charge in [0.1, 0.15) is 5.76 Å². The van der Waals surface area contributed by atoms with Crippen LogP contribution in [0.1, 0.15) is 35.7 Å². The van der Waals surface area contributed by atoms with Crippen molar-refractivity contribution < 1.29 is 14.1 Å². The lowest BCUT2D eigenvalue weighted by molar-refractivity contribution is -0.0586. The third-order valence-electron chi connectivity index (χ3n) is 5.87. The number of ether oxygens (including phenoxy) is 1. The van der Waals surface area contributed by atoms with Crippen LogP contribution in [0.4, 0.5) is 0 Å². The third-order valence-corrected chi connectivity index (χ3v) is 5.87. The Hall–Kier alpha value is -3.12. The van der Waals surface area contributed by atoms with Crippen molar-refractivity contribution in [3.05, 3.63) is 53.4 Å². The number of fused-ring (bicyclic) bond motifs is 3. The van der Waals surface area contributed by atoms with Crippen molar-refractivity contribution in [2.75, 3.05) is 13.1 Å². The summed E-state index contributed by atoms with van der Waals surface area (Å²) >= 11 is 0. The summed E-state index contributed by atoms with van der Waals surface area (Å²) in [5.41, 5.74) is 5.69. The number of aryl methyl sites for hydroxylation is 2. The molecule has 0 unspecified atom stereocenters. The Labute approximate surface area is 174 Å². The molecule has 0 bridgehead atoms. The Kier molecular flexibility index (Phi) is 4.40. The van der Waals surface area contributed by atoms with Crippen LogP contribution < -0.4 is 0 Å². The Morgan fingerprint density at radius 3 is 2.50 bits per heavy atom. The first-order valence-electron chi connectivity index (χ1n) is 10.3. The van der Waals surface area contributed by atoms with Gasteiger partial charge in [0.25, 0.3) is 5.91 Å². The maximum atomic E-state index is 13.1. The fourth-order valence-electron chi connectivity index (χ4n) is 4.61. The van der Waals surface area contributed by atoms with E-state index < -0.39 is 0 Å². The first kappa shape index (κ1) is 18.9. The van der Waals surface area contributed by atoms with Gasteiger partial charge in [-0.25, -0.2) is 0 Å². The Balaban J connectivity index is 1.54. The summed E-state index contributed by atoms with van der Waals surface area (Å²) in [4.78, 5) is 18.4. The molecule has 0 spiro atoms. The zero-order valence-electron chi connectivity index (χ0n) is 17.7. The number of rotatable bonds is 2. The standard InChI is InChI=1S/C24H25N3O3/c1-13-11-27(12-14(2)29-13)24(28)18-5-7-19-20-9-17(23-15(3)26-30-16(23)4)6-8-21(20)25-22(19)10-18/h5-10,13-14,25H,11-12H2,1-4H3/t13-,14+. The summed E-state index contributed by atoms with van der Waals surface area (Å²) in [5, 5.41) is 6.29. The summed E-state index contributed by atoms with van der Waals surface area (Å²) in [7, 11) is 0. The van der Waals surface area contributed by atoms with Gasteiger partial charge in [-0.05, 0) is 57.5 Å². The minimum Gasteiger partial charge on any atom is -0.372 e. The zero-order valence-corrected chi connectivity index (χ0v) is 17.7. The second-order valence-corrected chi connectivity index (χ2v) is 8.31. The molecule has 5 rings (SSSR count). The average molecular weight is 403 g/mol. The SMILES string of the molecule is Cc1noc(C)c1-c1ccc2[nH]c3cc(C(=O)N4C[C@@H](C)O[C@@H](C)C4)ccc3c2c1. The van der Waals surface area contributed by atoms with Crippen molar-refractivity contribution in [3.8, 4) is 11.1 Å². The number of carbonyl (C=O) groups is 1. The van der Waals surface area contributed by atoms with E-state index >= 15 is 0 Å². The predicted octanol–water partition coefficient (Wildman–Crippen LogP) is 4.84. The highest BCUT2D eigenvalue weighted by Gasteiger charge is 2.27. The van der Waals surface area contributed by atoms with Crippen molar-refractivity contribution >= 4 is 27.7 Å². The average Bonchev–Trinajstić information content (AvgIpc) is 3.24. The Bertz CT molecular complexity index is 1240. The van der Waals surface area contributed by atoms with Crippen LogP contribution >= 0.6 is 0 Å². The molecule has 0 aliphatic carbocycles. The van der Waals surface area contributed by atoms with E-state index in [4.69, 9.17) is 9.26 Å². The van der Waals surface area contributed by atoms with Gasteiger partial charge in [-0.2, -0.15) is 0 Å². The van der Waals surface area contributed by atoms with Crippen LogP contribution in [0.5, 0.6) is 0 Å². The molecule has 6 nitrogen and oxygen atoms in total. The number of morpholine rings is 1. The van der Waals surface area contributed by atoms with E-state index in [2.05, 4.69) is 28.3 Å². The van der Waals surface area contributed by atoms with Gasteiger partial charge in [0.15, 0.2) is 0 Å². The molecule has 1 aliphatic heterocycles. The topological polar surface area (TPSA) is 71.4 Å². The highest BCUT2D eigenvalue weighted by atomic mass is 16.5. The van der Waals surface area contributed by atoms with E-state index in [1.165, 1.54) is 0 Å². The molecule has 1 N–H and O–H groups in total. The molecule has 1 saturated heterocycles. The van der Waals surface area contributed by atoms with Crippen molar-refractivity contribution in [2.45, 2.75) is 39.9 Å². The molecule has 3 heterocycles. The Morgan fingerprint density at radius 1 is 1.03 bits per heavy atom. The summed E-state index contributed by atoms with van der Waals surface area (Å²) in [6, 6.07) is 12.2. The number of hydrogen-bond acceptors (Lipinski definition) is 4. The summed E-state index contributed by atoms with van der Waals surface area (Å²) in [6.07, 6.45) is 0.106. The molecule has 154 valence electrons. The number of benzene rings is 2. The normalized spacial score (nSPS) is 19.7. The highest BCUT2D eigenvalue weighted by Crippen LogP contribution is 2.33. The Morgan fingerprint density at radius 2 is 1.80 bits per heavy atom. The highest BCUT2D eigenvalue weighted by molar-refractivity contribution is 6.10. The molecule has 1 amide bonds. The van der Waals surface area contributed by atoms with E-state index in [1.54, 1.807) is 0 Å². The molecule has 0 radical (unpaired) electrons. The molecular formula is C24H25N3O3. The van der Waals surface area contributed by atoms with Crippen LogP contribution in [-0.4, -0.2) is 46.2 Å². The summed E-state index contributed by atoms with van der Waals surface area (Å²) in [5.74, 6) is 0.863. The minimum atomic E-state index is 0.0500. The first-order valence-corrected chi connectivity index (χ1v) is 10.3. The van der Waals surface area contributed by atoms with Crippen molar-refractivity contribution in [1.82, 2.24) is 15.0 Å². The third kappa shape index (κ3) is 3.08. The number of carbonyl (C=O) groups excluding carboxylic acids is 1. The second kappa shape index (κ2) is 6.99. The number of nitrogens with zero attached hydrogens (tertiary/aromatic N) is 2. The lowest BCUT2D eigenvalue weighted by Crippen LogP contribution is -2.48. The van der Waals surface area contributed by atoms with Gasteiger partial charge in [0.05, 0.1) is 17.9 Å². The van der Waals surface area contributed by atoms with Crippen LogP contribution in [0.2, 0.25) is 0 Å². The predicted molar refractivity (Wildman–Crippen MR) is 117 cm³/mol. The second-order valence-electron chi connectivity index (χ2n) is 8.31. The molecule has 4 aromatic rings. The van der Waals surface area contributed by atoms with E-state index in [0.717, 1.165) is 44.4 Å². The summed E-state index contributed by atoms with van der Waals surface area (Å²) in [6.45, 7) is 9.14. The minimum absolute atomic E-state index is 0.0500. The lowest BCUT2D eigenvalue weighted by atomic mass is 10.0. The molecule has 1 aliphatic rings. The number of H-pyrrole nitrogens is 1. The van der Waals surface area contributed by atoms with Crippen molar-refractivity contribution in [2.24, 2.45) is 0 Å². The maximum Gasteiger partial charge on any atom is 0.254 e. The van der Waals surface area contributed by atoms with E-state index in [9.17, 15) is 4.79 Å². The van der Waals surface area contributed by atoms with E-state index in [-0.39, 0.29) is 18.1 Å². The number of amides is 1. The van der Waals surface area contributed by atoms with Crippen LogP contribution in [-0.2, 0) is 4.74 Å². The van der Waals surface area contributed by atoms with Crippen LogP contribution in [0.25, 0.3) is 32.9 Å². The van der Waals surface area contributed by atoms with Gasteiger partial charge in [-0.1, -0.05) is 17.3 Å². The fraction of sp³-hybridized carbons (Fsp3) is 0.333. The van der Waals surface area contributed by atoms with Gasteiger partial charge in [-0.15, -0.1) is 0 Å². The van der Waals surface area contributed by atoms with Gasteiger partial charge in [0, 0.05) is 46.0 Å². The quantitative estimate of drug-likeness (QED) is 0.520. The molecule has 2 aromatic carbocycles. The first-order chi connectivity index (χ1) is 14.4. The largest absolute Gasteiger partial charge is 0.372 e. The molecule has 2 atom stereocenters. The zero-order chi connectivity index (χ0) is 21.0. The van der Waals surface area contributed by atoms with Gasteiger partial charge in [0.2, 0.25) is 0 Å². The van der Waals surface area contributed by atoms with Crippen LogP contribution in [0.15, 0.2) is 40.9 Å².